The Kier molecular flexibility index (Phi) is 4.70. The third-order valence-electron chi connectivity index (χ3n) is 5.31. The topological polar surface area (TPSA) is 88.4 Å². The van der Waals surface area contributed by atoms with Crippen LogP contribution in [0.5, 0.6) is 0 Å². The third kappa shape index (κ3) is 3.60. The number of piperidine rings is 1. The maximum atomic E-state index is 12.8. The molecule has 8 heteroatoms. The number of hydrogen-bond acceptors (Lipinski definition) is 5. The Morgan fingerprint density at radius 1 is 1.11 bits per heavy atom. The van der Waals surface area contributed by atoms with Crippen LogP contribution in [0.15, 0.2) is 47.8 Å². The molecule has 3 aliphatic heterocycles. The van der Waals surface area contributed by atoms with Crippen LogP contribution in [0.2, 0.25) is 0 Å². The summed E-state index contributed by atoms with van der Waals surface area (Å²) in [6, 6.07) is 4.82. The van der Waals surface area contributed by atoms with E-state index >= 15 is 0 Å². The number of nitrogens with zero attached hydrogens (tertiary/aromatic N) is 5. The van der Waals surface area contributed by atoms with Gasteiger partial charge < -0.3 is 14.4 Å². The van der Waals surface area contributed by atoms with Gasteiger partial charge in [-0.1, -0.05) is 6.07 Å². The molecule has 5 rings (SSSR count). The van der Waals surface area contributed by atoms with Gasteiger partial charge in [0.2, 0.25) is 5.91 Å². The molecule has 2 aromatic rings. The van der Waals surface area contributed by atoms with Crippen molar-refractivity contribution in [2.45, 2.75) is 25.4 Å². The maximum absolute atomic E-state index is 12.8. The maximum Gasteiger partial charge on any atom is 0.274 e. The molecule has 27 heavy (non-hydrogen) atoms. The predicted octanol–water partition coefficient (Wildman–Crippen LogP) is 0.401. The lowest BCUT2D eigenvalue weighted by molar-refractivity contribution is -0.136. The van der Waals surface area contributed by atoms with Gasteiger partial charge in [0.25, 0.3) is 11.5 Å². The minimum absolute atomic E-state index is 0.0288. The number of hydrogen-bond donors (Lipinski definition) is 0. The fraction of sp³-hybridized carbons (Fsp3) is 0.421. The van der Waals surface area contributed by atoms with Gasteiger partial charge >= 0.3 is 0 Å². The van der Waals surface area contributed by atoms with Gasteiger partial charge in [0, 0.05) is 50.3 Å². The van der Waals surface area contributed by atoms with Crippen LogP contribution in [0, 0.1) is 5.92 Å². The molecule has 0 saturated carbocycles. The summed E-state index contributed by atoms with van der Waals surface area (Å²) in [6.07, 6.45) is 8.00. The van der Waals surface area contributed by atoms with Crippen molar-refractivity contribution < 1.29 is 9.59 Å². The molecule has 0 aliphatic carbocycles. The summed E-state index contributed by atoms with van der Waals surface area (Å²) in [5.74, 6) is 0.0150. The van der Waals surface area contributed by atoms with Crippen LogP contribution in [0.25, 0.3) is 0 Å². The Labute approximate surface area is 156 Å². The fourth-order valence-electron chi connectivity index (χ4n) is 3.95. The molecule has 2 atom stereocenters. The van der Waals surface area contributed by atoms with E-state index in [1.54, 1.807) is 23.2 Å². The van der Waals surface area contributed by atoms with Crippen molar-refractivity contribution in [1.29, 1.82) is 0 Å². The highest BCUT2D eigenvalue weighted by Crippen LogP contribution is 2.28. The van der Waals surface area contributed by atoms with E-state index in [9.17, 15) is 14.4 Å². The molecule has 0 radical (unpaired) electrons. The van der Waals surface area contributed by atoms with E-state index in [0.29, 0.717) is 25.3 Å². The molecule has 2 bridgehead atoms. The Balaban J connectivity index is 1.50. The minimum Gasteiger partial charge on any atom is -0.336 e. The highest BCUT2D eigenvalue weighted by atomic mass is 16.2. The van der Waals surface area contributed by atoms with E-state index in [2.05, 4.69) is 9.97 Å². The average Bonchev–Trinajstić information content (AvgIpc) is 3.02. The number of carbonyl (C=O) groups is 2. The van der Waals surface area contributed by atoms with Crippen molar-refractivity contribution in [1.82, 2.24) is 24.3 Å². The molecule has 2 amide bonds. The first-order chi connectivity index (χ1) is 13.1. The van der Waals surface area contributed by atoms with Gasteiger partial charge in [-0.15, -0.1) is 0 Å². The highest BCUT2D eigenvalue weighted by Gasteiger charge is 2.38. The standard InChI is InChI=1S/C19H21N5O3/c25-17-3-1-2-8-22(17)13-18(26)24-11-14-4-5-15(24)12-23(10-14)19(27)16-9-20-6-7-21-16/h1-3,6-9,14-15H,4-5,10-13H2/t14-,15+/m0/s1. The summed E-state index contributed by atoms with van der Waals surface area (Å²) in [5.41, 5.74) is 0.137. The van der Waals surface area contributed by atoms with Gasteiger partial charge in [0.1, 0.15) is 12.2 Å². The monoisotopic (exact) mass is 367 g/mol. The first-order valence-electron chi connectivity index (χ1n) is 9.12. The summed E-state index contributed by atoms with van der Waals surface area (Å²) in [6.45, 7) is 1.75. The minimum atomic E-state index is -0.190. The third-order valence-corrected chi connectivity index (χ3v) is 5.31. The number of rotatable bonds is 3. The quantitative estimate of drug-likeness (QED) is 0.784. The number of fused-ring (bicyclic) bond motifs is 4. The van der Waals surface area contributed by atoms with E-state index in [4.69, 9.17) is 0 Å². The van der Waals surface area contributed by atoms with Crippen LogP contribution in [0.4, 0.5) is 0 Å². The SMILES string of the molecule is O=C(c1cnccn1)N1C[C@@H]2CC[C@H](C1)N(C(=O)Cn1ccccc1=O)C2. The summed E-state index contributed by atoms with van der Waals surface area (Å²) >= 11 is 0. The Morgan fingerprint density at radius 2 is 2.00 bits per heavy atom. The molecule has 140 valence electrons. The zero-order valence-corrected chi connectivity index (χ0v) is 14.9. The number of pyridine rings is 1. The highest BCUT2D eigenvalue weighted by molar-refractivity contribution is 5.92. The molecule has 0 N–H and O–H groups in total. The molecule has 3 aliphatic rings. The molecular weight excluding hydrogens is 346 g/mol. The lowest BCUT2D eigenvalue weighted by atomic mass is 9.95. The number of carbonyl (C=O) groups excluding carboxylic acids is 2. The van der Waals surface area contributed by atoms with Gasteiger partial charge in [0.05, 0.1) is 6.20 Å². The summed E-state index contributed by atoms with van der Waals surface area (Å²) in [5, 5.41) is 0. The zero-order chi connectivity index (χ0) is 18.8. The van der Waals surface area contributed by atoms with Crippen LogP contribution < -0.4 is 5.56 Å². The van der Waals surface area contributed by atoms with E-state index < -0.39 is 0 Å². The second-order valence-corrected chi connectivity index (χ2v) is 7.11. The molecule has 0 unspecified atom stereocenters. The van der Waals surface area contributed by atoms with Gasteiger partial charge in [-0.3, -0.25) is 19.4 Å². The molecule has 2 aromatic heterocycles. The smallest absolute Gasteiger partial charge is 0.274 e. The second kappa shape index (κ2) is 7.30. The van der Waals surface area contributed by atoms with Crippen molar-refractivity contribution in [3.8, 4) is 0 Å². The molecule has 5 heterocycles. The lowest BCUT2D eigenvalue weighted by Crippen LogP contribution is -2.49. The van der Waals surface area contributed by atoms with Crippen molar-refractivity contribution in [3.63, 3.8) is 0 Å². The van der Waals surface area contributed by atoms with Gasteiger partial charge in [-0.2, -0.15) is 0 Å². The molecule has 3 fully saturated rings. The van der Waals surface area contributed by atoms with E-state index in [0.717, 1.165) is 12.8 Å². The van der Waals surface area contributed by atoms with E-state index in [1.807, 2.05) is 4.90 Å². The zero-order valence-electron chi connectivity index (χ0n) is 14.9. The fourth-order valence-corrected chi connectivity index (χ4v) is 3.95. The Hall–Kier alpha value is -3.03. The molecule has 8 nitrogen and oxygen atoms in total. The molecule has 0 spiro atoms. The lowest BCUT2D eigenvalue weighted by Gasteiger charge is -2.36. The second-order valence-electron chi connectivity index (χ2n) is 7.11. The average molecular weight is 367 g/mol. The van der Waals surface area contributed by atoms with Gasteiger partial charge in [0.15, 0.2) is 0 Å². The van der Waals surface area contributed by atoms with Crippen LogP contribution >= 0.6 is 0 Å². The first kappa shape index (κ1) is 17.4. The largest absolute Gasteiger partial charge is 0.336 e. The van der Waals surface area contributed by atoms with Crippen molar-refractivity contribution in [3.05, 3.63) is 59.0 Å². The summed E-state index contributed by atoms with van der Waals surface area (Å²) < 4.78 is 1.42. The van der Waals surface area contributed by atoms with Crippen LogP contribution in [0.1, 0.15) is 23.3 Å². The van der Waals surface area contributed by atoms with Gasteiger partial charge in [-0.05, 0) is 24.8 Å². The number of aromatic nitrogens is 3. The van der Waals surface area contributed by atoms with Crippen molar-refractivity contribution in [2.24, 2.45) is 5.92 Å². The first-order valence-corrected chi connectivity index (χ1v) is 9.12. The molecule has 0 aromatic carbocycles. The summed E-state index contributed by atoms with van der Waals surface area (Å²) in [7, 11) is 0. The Bertz CT molecular complexity index is 897. The van der Waals surface area contributed by atoms with Crippen molar-refractivity contribution >= 4 is 11.8 Å². The van der Waals surface area contributed by atoms with E-state index in [-0.39, 0.29) is 35.9 Å². The summed E-state index contributed by atoms with van der Waals surface area (Å²) in [4.78, 5) is 49.2. The molecule has 3 saturated heterocycles. The Morgan fingerprint density at radius 3 is 2.78 bits per heavy atom. The van der Waals surface area contributed by atoms with E-state index in [1.165, 1.54) is 29.2 Å². The normalized spacial score (nSPS) is 21.8. The van der Waals surface area contributed by atoms with Crippen LogP contribution in [0.3, 0.4) is 0 Å². The van der Waals surface area contributed by atoms with Crippen LogP contribution in [-0.2, 0) is 11.3 Å². The predicted molar refractivity (Wildman–Crippen MR) is 96.9 cm³/mol. The van der Waals surface area contributed by atoms with Crippen molar-refractivity contribution in [2.75, 3.05) is 19.6 Å². The number of amides is 2. The van der Waals surface area contributed by atoms with Gasteiger partial charge in [-0.25, -0.2) is 4.98 Å². The van der Waals surface area contributed by atoms with Crippen LogP contribution in [-0.4, -0.2) is 61.8 Å². The molecular formula is C19H21N5O3.